The van der Waals surface area contributed by atoms with E-state index >= 15 is 0 Å². The van der Waals surface area contributed by atoms with Gasteiger partial charge in [-0.15, -0.1) is 0 Å². The molecule has 1 fully saturated rings. The number of allylic oxidation sites excluding steroid dienone is 6. The normalized spacial score (nSPS) is 18.6. The van der Waals surface area contributed by atoms with Gasteiger partial charge in [-0.1, -0.05) is 105 Å². The molecule has 0 bridgehead atoms. The molecule has 2 atom stereocenters. The SMILES string of the molecule is C=C(CCCCN(CC)CC)c1cccc(CC2CCCN(CC(C3=CC=CCC=C3)c3ccccc3)C2)c1. The number of piperidine rings is 1. The van der Waals surface area contributed by atoms with Crippen molar-refractivity contribution in [3.8, 4) is 0 Å². The lowest BCUT2D eigenvalue weighted by Gasteiger charge is -2.35. The fraction of sp³-hybridized carbons (Fsp3) is 0.459. The van der Waals surface area contributed by atoms with E-state index in [9.17, 15) is 0 Å². The van der Waals surface area contributed by atoms with Crippen LogP contribution in [0.15, 0.2) is 97.1 Å². The van der Waals surface area contributed by atoms with Gasteiger partial charge in [0.15, 0.2) is 0 Å². The Hall–Kier alpha value is -2.68. The molecule has 4 rings (SSSR count). The number of hydrogen-bond acceptors (Lipinski definition) is 2. The minimum atomic E-state index is 0.414. The molecular formula is C37H50N2. The van der Waals surface area contributed by atoms with E-state index in [2.05, 4.69) is 115 Å². The van der Waals surface area contributed by atoms with Gasteiger partial charge in [-0.25, -0.2) is 0 Å². The molecule has 2 aromatic carbocycles. The third-order valence-corrected chi connectivity index (χ3v) is 8.61. The molecule has 2 aromatic rings. The van der Waals surface area contributed by atoms with Crippen molar-refractivity contribution in [2.24, 2.45) is 5.92 Å². The topological polar surface area (TPSA) is 6.48 Å². The third-order valence-electron chi connectivity index (χ3n) is 8.61. The van der Waals surface area contributed by atoms with E-state index in [1.165, 1.54) is 79.6 Å². The molecular weight excluding hydrogens is 472 g/mol. The van der Waals surface area contributed by atoms with E-state index in [0.29, 0.717) is 11.8 Å². The summed E-state index contributed by atoms with van der Waals surface area (Å²) in [5, 5.41) is 0. The molecule has 2 heteroatoms. The Morgan fingerprint density at radius 2 is 1.87 bits per heavy atom. The molecule has 0 spiro atoms. The molecule has 2 aliphatic rings. The highest BCUT2D eigenvalue weighted by molar-refractivity contribution is 5.63. The van der Waals surface area contributed by atoms with Crippen LogP contribution in [0.5, 0.6) is 0 Å². The Morgan fingerprint density at radius 3 is 2.69 bits per heavy atom. The summed E-state index contributed by atoms with van der Waals surface area (Å²) in [5.74, 6) is 1.13. The number of rotatable bonds is 14. The van der Waals surface area contributed by atoms with Crippen LogP contribution in [0.4, 0.5) is 0 Å². The molecule has 208 valence electrons. The van der Waals surface area contributed by atoms with Gasteiger partial charge >= 0.3 is 0 Å². The smallest absolute Gasteiger partial charge is 0.0217 e. The summed E-state index contributed by atoms with van der Waals surface area (Å²) < 4.78 is 0. The Balaban J connectivity index is 1.34. The van der Waals surface area contributed by atoms with Crippen LogP contribution in [-0.4, -0.2) is 49.1 Å². The quantitative estimate of drug-likeness (QED) is 0.229. The van der Waals surface area contributed by atoms with Gasteiger partial charge in [0, 0.05) is 19.0 Å². The molecule has 0 saturated carbocycles. The Kier molecular flexibility index (Phi) is 11.9. The number of benzene rings is 2. The monoisotopic (exact) mass is 522 g/mol. The van der Waals surface area contributed by atoms with Gasteiger partial charge < -0.3 is 9.80 Å². The van der Waals surface area contributed by atoms with Crippen LogP contribution in [0.25, 0.3) is 5.57 Å². The van der Waals surface area contributed by atoms with Crippen LogP contribution in [0.3, 0.4) is 0 Å². The van der Waals surface area contributed by atoms with Crippen molar-refractivity contribution in [3.05, 3.63) is 114 Å². The highest BCUT2D eigenvalue weighted by Crippen LogP contribution is 2.31. The second kappa shape index (κ2) is 15.8. The van der Waals surface area contributed by atoms with Crippen LogP contribution < -0.4 is 0 Å². The van der Waals surface area contributed by atoms with Gasteiger partial charge in [-0.2, -0.15) is 0 Å². The van der Waals surface area contributed by atoms with E-state index in [1.807, 2.05) is 0 Å². The average Bonchev–Trinajstić information content (AvgIpc) is 3.26. The van der Waals surface area contributed by atoms with Crippen LogP contribution in [0.2, 0.25) is 0 Å². The molecule has 39 heavy (non-hydrogen) atoms. The first-order valence-electron chi connectivity index (χ1n) is 15.5. The van der Waals surface area contributed by atoms with E-state index in [-0.39, 0.29) is 0 Å². The highest BCUT2D eigenvalue weighted by Gasteiger charge is 2.25. The molecule has 0 amide bonds. The molecule has 1 heterocycles. The van der Waals surface area contributed by atoms with Gasteiger partial charge in [0.05, 0.1) is 0 Å². The van der Waals surface area contributed by atoms with Crippen LogP contribution in [0.1, 0.15) is 75.0 Å². The van der Waals surface area contributed by atoms with Crippen LogP contribution >= 0.6 is 0 Å². The van der Waals surface area contributed by atoms with Crippen molar-refractivity contribution in [1.29, 1.82) is 0 Å². The summed E-state index contributed by atoms with van der Waals surface area (Å²) in [5.41, 5.74) is 6.97. The zero-order valence-corrected chi connectivity index (χ0v) is 24.5. The van der Waals surface area contributed by atoms with Gasteiger partial charge in [0.2, 0.25) is 0 Å². The zero-order valence-electron chi connectivity index (χ0n) is 24.5. The predicted molar refractivity (Wildman–Crippen MR) is 170 cm³/mol. The maximum absolute atomic E-state index is 4.46. The second-order valence-corrected chi connectivity index (χ2v) is 11.5. The third kappa shape index (κ3) is 9.19. The van der Waals surface area contributed by atoms with Crippen molar-refractivity contribution in [3.63, 3.8) is 0 Å². The van der Waals surface area contributed by atoms with E-state index in [1.54, 1.807) is 0 Å². The largest absolute Gasteiger partial charge is 0.304 e. The molecule has 0 radical (unpaired) electrons. The fourth-order valence-electron chi connectivity index (χ4n) is 6.27. The standard InChI is InChI=1S/C37H50N2/c1-4-38(5-2)25-14-13-17-31(3)36-24-15-18-32(28-36)27-33-19-16-26-39(29-33)30-37(35-22-11-8-12-23-35)34-20-9-6-7-10-21-34/h6,8-12,15,18,20-24,28,33,37H,3-5,7,13-14,16-17,19,25-27,29-30H2,1-2H3. The molecule has 1 aliphatic carbocycles. The lowest BCUT2D eigenvalue weighted by atomic mass is 9.87. The summed E-state index contributed by atoms with van der Waals surface area (Å²) in [6.45, 7) is 16.0. The minimum Gasteiger partial charge on any atom is -0.304 e. The van der Waals surface area contributed by atoms with Gasteiger partial charge in [-0.05, 0) is 105 Å². The maximum atomic E-state index is 4.46. The van der Waals surface area contributed by atoms with Crippen LogP contribution in [0, 0.1) is 5.92 Å². The number of unbranched alkanes of at least 4 members (excludes halogenated alkanes) is 1. The Morgan fingerprint density at radius 1 is 1.03 bits per heavy atom. The maximum Gasteiger partial charge on any atom is 0.0217 e. The van der Waals surface area contributed by atoms with Gasteiger partial charge in [-0.3, -0.25) is 0 Å². The molecule has 2 nitrogen and oxygen atoms in total. The Labute approximate surface area is 238 Å². The van der Waals surface area contributed by atoms with Gasteiger partial charge in [0.25, 0.3) is 0 Å². The lowest BCUT2D eigenvalue weighted by Crippen LogP contribution is -2.39. The fourth-order valence-corrected chi connectivity index (χ4v) is 6.27. The Bertz CT molecular complexity index is 1110. The second-order valence-electron chi connectivity index (χ2n) is 11.5. The van der Waals surface area contributed by atoms with Crippen molar-refractivity contribution in [1.82, 2.24) is 9.80 Å². The molecule has 2 unspecified atom stereocenters. The first-order chi connectivity index (χ1) is 19.2. The number of likely N-dealkylation sites (tertiary alicyclic amines) is 1. The molecule has 0 aromatic heterocycles. The summed E-state index contributed by atoms with van der Waals surface area (Å²) in [6, 6.07) is 20.4. The van der Waals surface area contributed by atoms with Crippen molar-refractivity contribution < 1.29 is 0 Å². The average molecular weight is 523 g/mol. The summed E-state index contributed by atoms with van der Waals surface area (Å²) >= 11 is 0. The van der Waals surface area contributed by atoms with E-state index in [0.717, 1.165) is 32.5 Å². The first-order valence-corrected chi connectivity index (χ1v) is 15.5. The first kappa shape index (κ1) is 29.3. The molecule has 1 saturated heterocycles. The van der Waals surface area contributed by atoms with Crippen molar-refractivity contribution in [2.45, 2.75) is 64.7 Å². The predicted octanol–water partition coefficient (Wildman–Crippen LogP) is 8.69. The van der Waals surface area contributed by atoms with Crippen molar-refractivity contribution >= 4 is 5.57 Å². The zero-order chi connectivity index (χ0) is 27.3. The molecule has 1 aliphatic heterocycles. The van der Waals surface area contributed by atoms with Crippen molar-refractivity contribution in [2.75, 3.05) is 39.3 Å². The molecule has 0 N–H and O–H groups in total. The van der Waals surface area contributed by atoms with E-state index < -0.39 is 0 Å². The number of hydrogen-bond donors (Lipinski definition) is 0. The van der Waals surface area contributed by atoms with E-state index in [4.69, 9.17) is 0 Å². The van der Waals surface area contributed by atoms with Gasteiger partial charge in [0.1, 0.15) is 0 Å². The van der Waals surface area contributed by atoms with Crippen LogP contribution in [-0.2, 0) is 6.42 Å². The summed E-state index contributed by atoms with van der Waals surface area (Å²) in [4.78, 5) is 5.24. The highest BCUT2D eigenvalue weighted by atomic mass is 15.1. The summed E-state index contributed by atoms with van der Waals surface area (Å²) in [7, 11) is 0. The summed E-state index contributed by atoms with van der Waals surface area (Å²) in [6.07, 6.45) is 19.8. The number of nitrogens with zero attached hydrogens (tertiary/aromatic N) is 2. The lowest BCUT2D eigenvalue weighted by molar-refractivity contribution is 0.169. The minimum absolute atomic E-state index is 0.414.